The summed E-state index contributed by atoms with van der Waals surface area (Å²) >= 11 is 0. The third-order valence-corrected chi connectivity index (χ3v) is 4.79. The second kappa shape index (κ2) is 5.06. The van der Waals surface area contributed by atoms with Gasteiger partial charge >= 0.3 is 0 Å². The third-order valence-electron chi connectivity index (χ3n) is 3.67. The Morgan fingerprint density at radius 3 is 2.50 bits per heavy atom. The summed E-state index contributed by atoms with van der Waals surface area (Å²) in [5.41, 5.74) is 0. The van der Waals surface area contributed by atoms with Gasteiger partial charge in [-0.3, -0.25) is 0 Å². The SMILES string of the molecule is C[SiH2]CCC1CCC(C)C(C)C1. The summed E-state index contributed by atoms with van der Waals surface area (Å²) in [6.07, 6.45) is 6.10. The van der Waals surface area contributed by atoms with E-state index in [0.717, 1.165) is 17.8 Å². The van der Waals surface area contributed by atoms with Crippen LogP contribution in [0.2, 0.25) is 12.6 Å². The smallest absolute Gasteiger partial charge is 0.0166 e. The summed E-state index contributed by atoms with van der Waals surface area (Å²) in [4.78, 5) is 0. The van der Waals surface area contributed by atoms with Gasteiger partial charge in [-0.25, -0.2) is 0 Å². The molecule has 0 radical (unpaired) electrons. The number of hydrogen-bond donors (Lipinski definition) is 0. The Morgan fingerprint density at radius 1 is 1.17 bits per heavy atom. The lowest BCUT2D eigenvalue weighted by Crippen LogP contribution is -2.20. The van der Waals surface area contributed by atoms with Crippen molar-refractivity contribution in [3.63, 3.8) is 0 Å². The lowest BCUT2D eigenvalue weighted by molar-refractivity contribution is 0.204. The maximum absolute atomic E-state index is 2.44. The van der Waals surface area contributed by atoms with Gasteiger partial charge in [0.2, 0.25) is 0 Å². The molecule has 0 amide bonds. The molecule has 0 nitrogen and oxygen atoms in total. The van der Waals surface area contributed by atoms with E-state index < -0.39 is 0 Å². The molecule has 0 aromatic carbocycles. The first kappa shape index (κ1) is 10.3. The molecule has 0 heterocycles. The zero-order valence-electron chi connectivity index (χ0n) is 8.97. The highest BCUT2D eigenvalue weighted by Crippen LogP contribution is 2.35. The van der Waals surface area contributed by atoms with Gasteiger partial charge in [0.15, 0.2) is 0 Å². The lowest BCUT2D eigenvalue weighted by Gasteiger charge is -2.32. The van der Waals surface area contributed by atoms with Crippen LogP contribution in [0.5, 0.6) is 0 Å². The van der Waals surface area contributed by atoms with Gasteiger partial charge in [0, 0.05) is 9.52 Å². The second-order valence-corrected chi connectivity index (χ2v) is 6.48. The molecule has 3 atom stereocenters. The van der Waals surface area contributed by atoms with E-state index in [1.807, 2.05) is 0 Å². The van der Waals surface area contributed by atoms with E-state index in [-0.39, 0.29) is 0 Å². The van der Waals surface area contributed by atoms with E-state index in [0.29, 0.717) is 9.52 Å². The van der Waals surface area contributed by atoms with Gasteiger partial charge in [0.1, 0.15) is 0 Å². The molecule has 0 N–H and O–H groups in total. The topological polar surface area (TPSA) is 0 Å². The zero-order valence-corrected chi connectivity index (χ0v) is 10.4. The molecule has 0 aliphatic heterocycles. The largest absolute Gasteiger partial charge is 0.0748 e. The molecule has 1 aliphatic rings. The monoisotopic (exact) mass is 184 g/mol. The summed E-state index contributed by atoms with van der Waals surface area (Å²) < 4.78 is 0. The first-order chi connectivity index (χ1) is 5.74. The molecule has 1 aliphatic carbocycles. The molecule has 1 heteroatoms. The Morgan fingerprint density at radius 2 is 1.92 bits per heavy atom. The maximum atomic E-state index is 2.44. The fourth-order valence-electron chi connectivity index (χ4n) is 2.41. The molecule has 1 saturated carbocycles. The summed E-state index contributed by atoms with van der Waals surface area (Å²) in [7, 11) is 0.339. The first-order valence-corrected chi connectivity index (χ1v) is 8.15. The van der Waals surface area contributed by atoms with Crippen LogP contribution in [0.1, 0.15) is 39.5 Å². The van der Waals surface area contributed by atoms with Crippen LogP contribution in [0.4, 0.5) is 0 Å². The zero-order chi connectivity index (χ0) is 8.97. The number of rotatable bonds is 3. The molecule has 0 aromatic rings. The maximum Gasteiger partial charge on any atom is 0.0166 e. The van der Waals surface area contributed by atoms with Gasteiger partial charge in [-0.2, -0.15) is 0 Å². The fourth-order valence-corrected chi connectivity index (χ4v) is 3.40. The van der Waals surface area contributed by atoms with Gasteiger partial charge in [0.05, 0.1) is 0 Å². The Labute approximate surface area is 80.0 Å². The Bertz CT molecular complexity index is 120. The van der Waals surface area contributed by atoms with E-state index in [1.165, 1.54) is 19.3 Å². The van der Waals surface area contributed by atoms with Crippen LogP contribution in [0, 0.1) is 17.8 Å². The minimum atomic E-state index is 0.339. The van der Waals surface area contributed by atoms with Crippen molar-refractivity contribution in [3.05, 3.63) is 0 Å². The standard InChI is InChI=1S/C11H24Si/c1-9-4-5-11(6-7-12-3)8-10(9)2/h9-11H,4-8,12H2,1-3H3. The molecular weight excluding hydrogens is 160 g/mol. The summed E-state index contributed by atoms with van der Waals surface area (Å²) in [6, 6.07) is 1.59. The van der Waals surface area contributed by atoms with E-state index in [9.17, 15) is 0 Å². The van der Waals surface area contributed by atoms with Crippen molar-refractivity contribution in [2.45, 2.75) is 52.1 Å². The van der Waals surface area contributed by atoms with Gasteiger partial charge in [-0.05, 0) is 24.2 Å². The van der Waals surface area contributed by atoms with Crippen LogP contribution >= 0.6 is 0 Å². The van der Waals surface area contributed by atoms with Crippen molar-refractivity contribution < 1.29 is 0 Å². The second-order valence-electron chi connectivity index (χ2n) is 4.78. The van der Waals surface area contributed by atoms with Crippen LogP contribution in [0.3, 0.4) is 0 Å². The van der Waals surface area contributed by atoms with E-state index >= 15 is 0 Å². The minimum Gasteiger partial charge on any atom is -0.0748 e. The number of hydrogen-bond acceptors (Lipinski definition) is 0. The van der Waals surface area contributed by atoms with Crippen molar-refractivity contribution in [2.75, 3.05) is 0 Å². The first-order valence-electron chi connectivity index (χ1n) is 5.74. The minimum absolute atomic E-state index is 0.339. The van der Waals surface area contributed by atoms with Crippen molar-refractivity contribution in [2.24, 2.45) is 17.8 Å². The molecule has 3 unspecified atom stereocenters. The highest BCUT2D eigenvalue weighted by atomic mass is 28.2. The highest BCUT2D eigenvalue weighted by Gasteiger charge is 2.23. The molecular formula is C11H24Si. The van der Waals surface area contributed by atoms with Crippen LogP contribution in [0.15, 0.2) is 0 Å². The van der Waals surface area contributed by atoms with E-state index in [2.05, 4.69) is 20.4 Å². The van der Waals surface area contributed by atoms with E-state index in [4.69, 9.17) is 0 Å². The van der Waals surface area contributed by atoms with Crippen molar-refractivity contribution in [3.8, 4) is 0 Å². The van der Waals surface area contributed by atoms with Crippen LogP contribution in [-0.4, -0.2) is 9.52 Å². The van der Waals surface area contributed by atoms with Crippen molar-refractivity contribution in [1.29, 1.82) is 0 Å². The van der Waals surface area contributed by atoms with Gasteiger partial charge in [-0.15, -0.1) is 0 Å². The van der Waals surface area contributed by atoms with Crippen LogP contribution in [-0.2, 0) is 0 Å². The third kappa shape index (κ3) is 2.93. The average molecular weight is 184 g/mol. The van der Waals surface area contributed by atoms with E-state index in [1.54, 1.807) is 12.5 Å². The Balaban J connectivity index is 2.21. The lowest BCUT2D eigenvalue weighted by atomic mass is 9.75. The molecule has 1 rings (SSSR count). The molecule has 0 bridgehead atoms. The normalized spacial score (nSPS) is 37.8. The molecule has 0 saturated heterocycles. The summed E-state index contributed by atoms with van der Waals surface area (Å²) in [6.45, 7) is 7.31. The fraction of sp³-hybridized carbons (Fsp3) is 1.00. The van der Waals surface area contributed by atoms with Crippen LogP contribution < -0.4 is 0 Å². The van der Waals surface area contributed by atoms with Gasteiger partial charge < -0.3 is 0 Å². The Kier molecular flexibility index (Phi) is 4.34. The summed E-state index contributed by atoms with van der Waals surface area (Å²) in [5.74, 6) is 3.10. The highest BCUT2D eigenvalue weighted by molar-refractivity contribution is 6.33. The van der Waals surface area contributed by atoms with Crippen LogP contribution in [0.25, 0.3) is 0 Å². The predicted molar refractivity (Wildman–Crippen MR) is 59.5 cm³/mol. The molecule has 12 heavy (non-hydrogen) atoms. The molecule has 1 fully saturated rings. The quantitative estimate of drug-likeness (QED) is 0.591. The van der Waals surface area contributed by atoms with Gasteiger partial charge in [0.25, 0.3) is 0 Å². The Hall–Kier alpha value is 0.217. The average Bonchev–Trinajstić information content (AvgIpc) is 2.07. The van der Waals surface area contributed by atoms with Gasteiger partial charge in [-0.1, -0.05) is 45.7 Å². The van der Waals surface area contributed by atoms with Crippen molar-refractivity contribution >= 4 is 9.52 Å². The molecule has 0 spiro atoms. The summed E-state index contributed by atoms with van der Waals surface area (Å²) in [5, 5.41) is 0. The predicted octanol–water partition coefficient (Wildman–Crippen LogP) is 3.08. The van der Waals surface area contributed by atoms with Crippen molar-refractivity contribution in [1.82, 2.24) is 0 Å². The molecule has 72 valence electrons. The molecule has 0 aromatic heterocycles.